The molecule has 0 saturated carbocycles. The van der Waals surface area contributed by atoms with E-state index in [1.807, 2.05) is 5.32 Å². The normalized spacial score (nSPS) is 18.7. The molecule has 0 bridgehead atoms. The lowest BCUT2D eigenvalue weighted by Crippen LogP contribution is -2.34. The first kappa shape index (κ1) is 20.9. The number of aromatic nitrogens is 3. The summed E-state index contributed by atoms with van der Waals surface area (Å²) in [5.41, 5.74) is -0.497. The summed E-state index contributed by atoms with van der Waals surface area (Å²) in [7, 11) is 0. The molecule has 0 amide bonds. The first-order valence-electron chi connectivity index (χ1n) is 7.98. The molecule has 0 unspecified atom stereocenters. The zero-order chi connectivity index (χ0) is 20.6. The van der Waals surface area contributed by atoms with Gasteiger partial charge in [-0.2, -0.15) is 36.9 Å². The summed E-state index contributed by atoms with van der Waals surface area (Å²) in [6.45, 7) is 4.21. The molecule has 1 heterocycles. The van der Waals surface area contributed by atoms with Gasteiger partial charge in [-0.1, -0.05) is 0 Å². The molecule has 150 valence electrons. The number of nitrogens with zero attached hydrogens (tertiary/aromatic N) is 3. The van der Waals surface area contributed by atoms with Gasteiger partial charge in [-0.3, -0.25) is 4.79 Å². The van der Waals surface area contributed by atoms with Gasteiger partial charge >= 0.3 is 12.1 Å². The van der Waals surface area contributed by atoms with Gasteiger partial charge in [0.2, 0.25) is 11.9 Å². The van der Waals surface area contributed by atoms with Gasteiger partial charge in [-0.05, 0) is 27.2 Å². The van der Waals surface area contributed by atoms with E-state index in [1.165, 1.54) is 0 Å². The summed E-state index contributed by atoms with van der Waals surface area (Å²) in [5.74, 6) is -8.74. The van der Waals surface area contributed by atoms with Crippen molar-refractivity contribution in [3.05, 3.63) is 11.7 Å². The monoisotopic (exact) mass is 397 g/mol. The van der Waals surface area contributed by atoms with Gasteiger partial charge in [-0.15, -0.1) is 0 Å². The van der Waals surface area contributed by atoms with E-state index in [0.717, 1.165) is 6.92 Å². The number of hydrogen-bond acceptors (Lipinski definition) is 6. The predicted molar refractivity (Wildman–Crippen MR) is 84.9 cm³/mol. The summed E-state index contributed by atoms with van der Waals surface area (Å²) >= 11 is 0. The van der Waals surface area contributed by atoms with Crippen LogP contribution in [0, 0.1) is 0 Å². The lowest BCUT2D eigenvalue weighted by molar-refractivity contribution is -0.142. The average Bonchev–Trinajstić information content (AvgIpc) is 2.51. The van der Waals surface area contributed by atoms with Crippen LogP contribution in [0.25, 0.3) is 5.57 Å². The fraction of sp³-hybridized carbons (Fsp3) is 0.600. The van der Waals surface area contributed by atoms with Crippen LogP contribution in [0.1, 0.15) is 39.4 Å². The standard InChI is InChI=1S/C15H17F6N5O/c1-6(2)22-12-24-11(8-4-5-14(17,18)10(27)9(8)16)25-13(26-12)23-7(3)15(19,20)21/h6-7H,4-5H2,1-3H3,(H2,22,23,24,25,26)/t7-/m1/s1. The molecule has 1 aliphatic carbocycles. The second-order valence-electron chi connectivity index (χ2n) is 6.34. The number of alkyl halides is 5. The van der Waals surface area contributed by atoms with Crippen molar-refractivity contribution in [1.29, 1.82) is 0 Å². The molecule has 1 aromatic heterocycles. The minimum Gasteiger partial charge on any atom is -0.352 e. The zero-order valence-electron chi connectivity index (χ0n) is 14.6. The van der Waals surface area contributed by atoms with Gasteiger partial charge in [0.15, 0.2) is 11.7 Å². The SMILES string of the molecule is CC(C)Nc1nc(N[C@H](C)C(F)(F)F)nc(C2=C(F)C(=O)C(F)(F)CC2)n1. The Morgan fingerprint density at radius 2 is 1.59 bits per heavy atom. The third-order valence-corrected chi connectivity index (χ3v) is 3.65. The summed E-state index contributed by atoms with van der Waals surface area (Å²) in [6.07, 6.45) is -6.11. The lowest BCUT2D eigenvalue weighted by Gasteiger charge is -2.22. The molecule has 0 spiro atoms. The van der Waals surface area contributed by atoms with Crippen LogP contribution in [-0.4, -0.2) is 44.9 Å². The van der Waals surface area contributed by atoms with Crippen LogP contribution in [0.3, 0.4) is 0 Å². The largest absolute Gasteiger partial charge is 0.408 e. The number of hydrogen-bond donors (Lipinski definition) is 2. The first-order valence-corrected chi connectivity index (χ1v) is 7.98. The van der Waals surface area contributed by atoms with Crippen molar-refractivity contribution in [3.8, 4) is 0 Å². The highest BCUT2D eigenvalue weighted by Crippen LogP contribution is 2.38. The Hall–Kier alpha value is -2.40. The Bertz CT molecular complexity index is 762. The quantitative estimate of drug-likeness (QED) is 0.737. The Balaban J connectivity index is 2.48. The number of allylic oxidation sites excluding steroid dienone is 2. The van der Waals surface area contributed by atoms with E-state index in [2.05, 4.69) is 20.3 Å². The molecule has 0 aromatic carbocycles. The molecule has 6 nitrogen and oxygen atoms in total. The van der Waals surface area contributed by atoms with Crippen LogP contribution in [0.4, 0.5) is 38.2 Å². The van der Waals surface area contributed by atoms with E-state index in [9.17, 15) is 31.1 Å². The minimum absolute atomic E-state index is 0.183. The van der Waals surface area contributed by atoms with Crippen LogP contribution in [0.15, 0.2) is 5.83 Å². The molecule has 0 saturated heterocycles. The highest BCUT2D eigenvalue weighted by atomic mass is 19.4. The van der Waals surface area contributed by atoms with Crippen LogP contribution < -0.4 is 10.6 Å². The van der Waals surface area contributed by atoms with E-state index in [-0.39, 0.29) is 12.0 Å². The molecule has 1 aromatic rings. The van der Waals surface area contributed by atoms with E-state index in [4.69, 9.17) is 0 Å². The fourth-order valence-corrected chi connectivity index (χ4v) is 2.19. The van der Waals surface area contributed by atoms with Gasteiger partial charge in [0.25, 0.3) is 5.78 Å². The summed E-state index contributed by atoms with van der Waals surface area (Å²) in [5, 5.41) is 4.73. The second kappa shape index (κ2) is 7.31. The molecule has 1 aliphatic rings. The van der Waals surface area contributed by atoms with Crippen molar-refractivity contribution in [2.75, 3.05) is 10.6 Å². The maximum absolute atomic E-state index is 14.1. The highest BCUT2D eigenvalue weighted by molar-refractivity contribution is 6.05. The number of anilines is 2. The Morgan fingerprint density at radius 1 is 1.04 bits per heavy atom. The number of nitrogens with one attached hydrogen (secondary N) is 2. The van der Waals surface area contributed by atoms with E-state index in [1.54, 1.807) is 13.8 Å². The maximum atomic E-state index is 14.1. The molecule has 0 aliphatic heterocycles. The zero-order valence-corrected chi connectivity index (χ0v) is 14.6. The molecular weight excluding hydrogens is 380 g/mol. The highest BCUT2D eigenvalue weighted by Gasteiger charge is 2.46. The van der Waals surface area contributed by atoms with Crippen LogP contribution in [0.2, 0.25) is 0 Å². The van der Waals surface area contributed by atoms with Gasteiger partial charge in [0.1, 0.15) is 6.04 Å². The smallest absolute Gasteiger partial charge is 0.352 e. The van der Waals surface area contributed by atoms with Crippen molar-refractivity contribution < 1.29 is 31.1 Å². The summed E-state index contributed by atoms with van der Waals surface area (Å²) in [6, 6.07) is -2.26. The van der Waals surface area contributed by atoms with Gasteiger partial charge in [0, 0.05) is 18.0 Å². The van der Waals surface area contributed by atoms with Gasteiger partial charge < -0.3 is 10.6 Å². The number of Topliss-reactive ketones (excluding diaryl/α,β-unsaturated/α-hetero) is 1. The number of rotatable bonds is 5. The Kier molecular flexibility index (Phi) is 5.66. The first-order chi connectivity index (χ1) is 12.3. The Labute approximate surface area is 150 Å². The van der Waals surface area contributed by atoms with Crippen molar-refractivity contribution >= 4 is 23.3 Å². The van der Waals surface area contributed by atoms with Crippen LogP contribution in [-0.2, 0) is 4.79 Å². The number of ketones is 1. The van der Waals surface area contributed by atoms with Crippen molar-refractivity contribution in [2.45, 2.75) is 57.8 Å². The number of carbonyl (C=O) groups excluding carboxylic acids is 1. The van der Waals surface area contributed by atoms with Gasteiger partial charge in [0.05, 0.1) is 0 Å². The summed E-state index contributed by atoms with van der Waals surface area (Å²) in [4.78, 5) is 22.8. The van der Waals surface area contributed by atoms with Crippen molar-refractivity contribution in [2.24, 2.45) is 0 Å². The predicted octanol–water partition coefficient (Wildman–Crippen LogP) is 3.73. The average molecular weight is 397 g/mol. The number of carbonyl (C=O) groups is 1. The Morgan fingerprint density at radius 3 is 2.11 bits per heavy atom. The minimum atomic E-state index is -4.61. The fourth-order valence-electron chi connectivity index (χ4n) is 2.19. The molecule has 1 atom stereocenters. The van der Waals surface area contributed by atoms with Crippen LogP contribution >= 0.6 is 0 Å². The van der Waals surface area contributed by atoms with E-state index < -0.39 is 59.9 Å². The third-order valence-electron chi connectivity index (χ3n) is 3.65. The van der Waals surface area contributed by atoms with Crippen LogP contribution in [0.5, 0.6) is 0 Å². The molecule has 0 radical (unpaired) electrons. The van der Waals surface area contributed by atoms with Crippen molar-refractivity contribution in [3.63, 3.8) is 0 Å². The number of halogens is 6. The second-order valence-corrected chi connectivity index (χ2v) is 6.34. The topological polar surface area (TPSA) is 79.8 Å². The maximum Gasteiger partial charge on any atom is 0.408 e. The van der Waals surface area contributed by atoms with E-state index in [0.29, 0.717) is 0 Å². The molecule has 2 N–H and O–H groups in total. The van der Waals surface area contributed by atoms with Gasteiger partial charge in [-0.25, -0.2) is 4.39 Å². The molecule has 0 fully saturated rings. The molecule has 2 rings (SSSR count). The molecule has 12 heteroatoms. The third kappa shape index (κ3) is 4.86. The molecular formula is C15H17F6N5O. The summed E-state index contributed by atoms with van der Waals surface area (Å²) < 4.78 is 79.1. The van der Waals surface area contributed by atoms with E-state index >= 15 is 0 Å². The van der Waals surface area contributed by atoms with Crippen molar-refractivity contribution in [1.82, 2.24) is 15.0 Å². The molecule has 27 heavy (non-hydrogen) atoms. The lowest BCUT2D eigenvalue weighted by atomic mass is 9.93.